The van der Waals surface area contributed by atoms with Crippen LogP contribution >= 0.6 is 0 Å². The summed E-state index contributed by atoms with van der Waals surface area (Å²) in [6, 6.07) is 29.9. The van der Waals surface area contributed by atoms with Crippen molar-refractivity contribution < 1.29 is 43.0 Å². The smallest absolute Gasteiger partial charge is 0.414 e. The minimum absolute atomic E-state index is 0.0433. The Morgan fingerprint density at radius 1 is 0.797 bits per heavy atom. The van der Waals surface area contributed by atoms with Gasteiger partial charge in [-0.3, -0.25) is 39.7 Å². The summed E-state index contributed by atoms with van der Waals surface area (Å²) in [5.41, 5.74) is 12.5. The third-order valence-corrected chi connectivity index (χ3v) is 11.1. The molecule has 0 radical (unpaired) electrons. The van der Waals surface area contributed by atoms with Crippen molar-refractivity contribution >= 4 is 58.5 Å². The van der Waals surface area contributed by atoms with Gasteiger partial charge in [0, 0.05) is 27.2 Å². The number of ether oxygens (including phenoxy) is 2. The molecule has 0 saturated carbocycles. The van der Waals surface area contributed by atoms with Crippen molar-refractivity contribution in [2.75, 3.05) is 34.2 Å². The van der Waals surface area contributed by atoms with Crippen LogP contribution in [0.5, 0.6) is 0 Å². The van der Waals surface area contributed by atoms with Crippen molar-refractivity contribution in [3.05, 3.63) is 132 Å². The second kappa shape index (κ2) is 27.1. The van der Waals surface area contributed by atoms with Crippen molar-refractivity contribution in [2.24, 2.45) is 28.3 Å². The van der Waals surface area contributed by atoms with Gasteiger partial charge in [-0.15, -0.1) is 0 Å². The third kappa shape index (κ3) is 15.9. The molecule has 2 saturated heterocycles. The van der Waals surface area contributed by atoms with Crippen molar-refractivity contribution in [3.63, 3.8) is 0 Å². The Morgan fingerprint density at radius 2 is 1.35 bits per heavy atom. The summed E-state index contributed by atoms with van der Waals surface area (Å²) in [5, 5.41) is 15.3. The van der Waals surface area contributed by atoms with Crippen LogP contribution in [0.4, 0.5) is 14.4 Å². The van der Waals surface area contributed by atoms with Crippen LogP contribution in [0.15, 0.2) is 121 Å². The molecule has 0 bridgehead atoms. The van der Waals surface area contributed by atoms with E-state index in [4.69, 9.17) is 15.2 Å². The molecule has 19 heteroatoms. The molecule has 9 N–H and O–H groups in total. The Kier molecular flexibility index (Phi) is 21.2. The predicted molar refractivity (Wildman–Crippen MR) is 262 cm³/mol. The van der Waals surface area contributed by atoms with Crippen molar-refractivity contribution in [3.8, 4) is 0 Å². The molecule has 69 heavy (non-hydrogen) atoms. The molecule has 368 valence electrons. The first-order valence-electron chi connectivity index (χ1n) is 22.5. The summed E-state index contributed by atoms with van der Waals surface area (Å²) in [6.45, 7) is 7.71. The molecule has 0 aromatic heterocycles. The second-order valence-corrected chi connectivity index (χ2v) is 16.3. The SMILES string of the molecule is C=C(N)NCCC[C@H]1C(=O)N(C(=O)NC(C)c2cccc3ccccc23)C1C(=O)N(C)C.CC(=O)C1NC(=O)[C@@H]1CCCN=C(NC(=O)OCc1ccccc1)NC(=O)OCc1ccccc1.CN. The van der Waals surface area contributed by atoms with Gasteiger partial charge in [0.2, 0.25) is 23.7 Å². The van der Waals surface area contributed by atoms with Crippen LogP contribution < -0.4 is 38.1 Å². The molecule has 2 heterocycles. The Balaban J connectivity index is 0.000000291. The maximum absolute atomic E-state index is 13.0. The van der Waals surface area contributed by atoms with E-state index in [1.165, 1.54) is 18.9 Å². The maximum atomic E-state index is 13.0. The number of fused-ring (bicyclic) bond motifs is 1. The number of rotatable bonds is 17. The average Bonchev–Trinajstić information content (AvgIpc) is 3.34. The lowest BCUT2D eigenvalue weighted by molar-refractivity contribution is -0.161. The molecule has 2 aliphatic rings. The highest BCUT2D eigenvalue weighted by molar-refractivity contribution is 6.09. The van der Waals surface area contributed by atoms with E-state index in [2.05, 4.69) is 43.9 Å². The number of guanidine groups is 1. The van der Waals surface area contributed by atoms with Gasteiger partial charge in [0.15, 0.2) is 5.78 Å². The molecule has 0 aliphatic carbocycles. The number of urea groups is 1. The number of Topliss-reactive ketones (excluding diaryl/α,β-unsaturated/α-hetero) is 1. The third-order valence-electron chi connectivity index (χ3n) is 11.1. The summed E-state index contributed by atoms with van der Waals surface area (Å²) < 4.78 is 10.4. The standard InChI is InChI=1S/C25H28N4O6.C24H31N5O3.CH5N/c1-17(30)21-20(22(31)27-21)13-8-14-26-23(28-24(32)34-15-18-9-4-2-5-10-18)29-25(33)35-16-19-11-6-3-7-12-19;1-15(18-12-7-10-17-9-5-6-11-19(17)18)27-24(32)29-21(23(31)28(3)4)20(22(29)30)13-8-14-26-16(2)25;1-2/h2-7,9-12,20-21H,8,13-16H2,1H3,(H,27,31)(H2,26,28,29,32,33);5-7,9-12,15,20-21,26H,2,8,13-14,25H2,1,3-4H3,(H,27,32);2H2,1H3/t20-,21?;15?,20-,21?;/m11./s1. The number of imide groups is 1. The molecule has 2 aliphatic heterocycles. The van der Waals surface area contributed by atoms with E-state index in [0.717, 1.165) is 32.4 Å². The number of likely N-dealkylation sites (tertiary alicyclic amines) is 1. The Morgan fingerprint density at radius 3 is 1.90 bits per heavy atom. The number of hydrogen-bond donors (Lipinski definition) is 7. The number of amides is 7. The van der Waals surface area contributed by atoms with Gasteiger partial charge in [-0.05, 0) is 74.0 Å². The minimum atomic E-state index is -0.807. The number of aliphatic imine (C=N–C) groups is 1. The number of alkyl carbamates (subject to hydrolysis) is 2. The fraction of sp³-hybridized carbons (Fsp3) is 0.360. The van der Waals surface area contributed by atoms with E-state index in [1.54, 1.807) is 14.1 Å². The number of β-lactam (4-membered cyclic amide) rings is 2. The summed E-state index contributed by atoms with van der Waals surface area (Å²) in [7, 11) is 4.74. The normalized spacial score (nSPS) is 16.9. The highest BCUT2D eigenvalue weighted by Crippen LogP contribution is 2.33. The van der Waals surface area contributed by atoms with Crippen molar-refractivity contribution in [2.45, 2.75) is 70.9 Å². The molecular weight excluding hydrogens is 885 g/mol. The van der Waals surface area contributed by atoms with E-state index < -0.39 is 42.1 Å². The van der Waals surface area contributed by atoms with Crippen molar-refractivity contribution in [1.82, 2.24) is 36.4 Å². The average molecular weight is 949 g/mol. The summed E-state index contributed by atoms with van der Waals surface area (Å²) in [5.74, 6) is -1.56. The van der Waals surface area contributed by atoms with Crippen molar-refractivity contribution in [1.29, 1.82) is 0 Å². The predicted octanol–water partition coefficient (Wildman–Crippen LogP) is 4.58. The zero-order chi connectivity index (χ0) is 50.5. The van der Waals surface area contributed by atoms with Gasteiger partial charge in [0.25, 0.3) is 0 Å². The van der Waals surface area contributed by atoms with Gasteiger partial charge in [0.1, 0.15) is 19.3 Å². The van der Waals surface area contributed by atoms with Crippen LogP contribution in [-0.2, 0) is 41.9 Å². The number of benzene rings is 4. The van der Waals surface area contributed by atoms with Gasteiger partial charge in [-0.1, -0.05) is 110 Å². The molecule has 4 aromatic carbocycles. The van der Waals surface area contributed by atoms with Crippen LogP contribution in [0.1, 0.15) is 62.3 Å². The first-order valence-corrected chi connectivity index (χ1v) is 22.5. The van der Waals surface area contributed by atoms with E-state index in [-0.39, 0.29) is 55.3 Å². The Bertz CT molecular complexity index is 2370. The number of ketones is 1. The minimum Gasteiger partial charge on any atom is -0.444 e. The number of hydrogen-bond acceptors (Lipinski definition) is 13. The molecule has 4 aromatic rings. The topological polar surface area (TPSA) is 269 Å². The Labute approximate surface area is 402 Å². The summed E-state index contributed by atoms with van der Waals surface area (Å²) in [4.78, 5) is 93.1. The number of carbonyl (C=O) groups excluding carboxylic acids is 7. The largest absolute Gasteiger partial charge is 0.444 e. The lowest BCUT2D eigenvalue weighted by atomic mass is 9.83. The summed E-state index contributed by atoms with van der Waals surface area (Å²) >= 11 is 0. The molecule has 2 fully saturated rings. The van der Waals surface area contributed by atoms with Gasteiger partial charge in [-0.25, -0.2) is 14.4 Å². The first kappa shape index (κ1) is 53.8. The molecule has 7 amide bonds. The molecular formula is C50H64N10O9. The molecule has 6 rings (SSSR count). The molecule has 19 nitrogen and oxygen atoms in total. The van der Waals surface area contributed by atoms with Crippen LogP contribution in [0.25, 0.3) is 10.8 Å². The number of nitrogens with one attached hydrogen (secondary N) is 5. The van der Waals surface area contributed by atoms with Gasteiger partial charge in [0.05, 0.1) is 29.7 Å². The quantitative estimate of drug-likeness (QED) is 0.0332. The first-order chi connectivity index (χ1) is 33.1. The van der Waals surface area contributed by atoms with Crippen LogP contribution in [0, 0.1) is 11.8 Å². The number of likely N-dealkylation sites (N-methyl/N-ethyl adjacent to an activating group) is 1. The highest BCUT2D eigenvalue weighted by Gasteiger charge is 2.54. The lowest BCUT2D eigenvalue weighted by Gasteiger charge is -2.45. The number of nitrogens with two attached hydrogens (primary N) is 2. The van der Waals surface area contributed by atoms with E-state index in [9.17, 15) is 33.6 Å². The fourth-order valence-corrected chi connectivity index (χ4v) is 7.56. The second-order valence-electron chi connectivity index (χ2n) is 16.3. The monoisotopic (exact) mass is 948 g/mol. The van der Waals surface area contributed by atoms with E-state index >= 15 is 0 Å². The highest BCUT2D eigenvalue weighted by atomic mass is 16.6. The Hall–Kier alpha value is -7.80. The van der Waals surface area contributed by atoms with Gasteiger partial charge in [-0.2, -0.15) is 0 Å². The lowest BCUT2D eigenvalue weighted by Crippen LogP contribution is -2.69. The fourth-order valence-electron chi connectivity index (χ4n) is 7.56. The van der Waals surface area contributed by atoms with E-state index in [1.807, 2.05) is 110 Å². The zero-order valence-corrected chi connectivity index (χ0v) is 39.7. The van der Waals surface area contributed by atoms with Crippen LogP contribution in [0.3, 0.4) is 0 Å². The maximum Gasteiger partial charge on any atom is 0.414 e. The summed E-state index contributed by atoms with van der Waals surface area (Å²) in [6.07, 6.45) is 0.422. The molecule has 3 unspecified atom stereocenters. The zero-order valence-electron chi connectivity index (χ0n) is 39.7. The molecule has 5 atom stereocenters. The molecule has 0 spiro atoms. The van der Waals surface area contributed by atoms with Gasteiger partial charge < -0.3 is 41.8 Å². The number of carbonyl (C=O) groups is 7. The number of nitrogens with zero attached hydrogens (tertiary/aromatic N) is 3. The van der Waals surface area contributed by atoms with Gasteiger partial charge >= 0.3 is 18.2 Å². The van der Waals surface area contributed by atoms with E-state index in [0.29, 0.717) is 38.0 Å². The van der Waals surface area contributed by atoms with Crippen LogP contribution in [0.2, 0.25) is 0 Å². The van der Waals surface area contributed by atoms with Crippen LogP contribution in [-0.4, -0.2) is 104 Å².